The summed E-state index contributed by atoms with van der Waals surface area (Å²) < 4.78 is 60.9. The van der Waals surface area contributed by atoms with Gasteiger partial charge in [0.05, 0.1) is 30.9 Å². The number of carboxylic acids is 1. The zero-order valence-corrected chi connectivity index (χ0v) is 41.0. The van der Waals surface area contributed by atoms with E-state index in [1.165, 1.54) is 12.1 Å². The lowest BCUT2D eigenvalue weighted by Crippen LogP contribution is -2.33. The molecule has 2 aromatic carbocycles. The van der Waals surface area contributed by atoms with Crippen LogP contribution >= 0.6 is 23.5 Å². The van der Waals surface area contributed by atoms with Crippen LogP contribution < -0.4 is 36.7 Å². The Kier molecular flexibility index (Phi) is 17.2. The summed E-state index contributed by atoms with van der Waals surface area (Å²) in [6.45, 7) is -0.908. The molecule has 1 aliphatic carbocycles. The van der Waals surface area contributed by atoms with Crippen LogP contribution in [-0.2, 0) is 36.4 Å². The molecule has 2 amide bonds. The van der Waals surface area contributed by atoms with Crippen molar-refractivity contribution >= 4 is 57.9 Å². The number of phosphoric ester groups is 1. The van der Waals surface area contributed by atoms with E-state index in [9.17, 15) is 57.7 Å². The largest absolute Gasteiger partial charge is 0.490 e. The van der Waals surface area contributed by atoms with Gasteiger partial charge < -0.3 is 54.5 Å². The van der Waals surface area contributed by atoms with Gasteiger partial charge in [-0.05, 0) is 54.8 Å². The number of aliphatic hydroxyl groups is 1. The number of carbonyl (C=O) groups excluding carboxylic acids is 2. The van der Waals surface area contributed by atoms with Gasteiger partial charge in [0.15, 0.2) is 0 Å². The molecule has 2 unspecified atom stereocenters. The number of aromatic carboxylic acids is 1. The first-order valence-electron chi connectivity index (χ1n) is 21.4. The van der Waals surface area contributed by atoms with Crippen molar-refractivity contribution in [3.8, 4) is 34.3 Å². The van der Waals surface area contributed by atoms with Crippen molar-refractivity contribution in [1.82, 2.24) is 24.8 Å². The molecule has 1 aromatic heterocycles. The molecule has 5 atom stereocenters. The SMILES string of the molecule is CN(C)c1ccc2c(-c3cc(C(=O)NCCCCCC(=O)NCC#Cc4cn([C@H]5C[C@H](O)[C@@H](COP(=O)(O)OP(=O)(O)OP(=O)(O)O)O5)c(=O)[nH]c4=O)ccc3C(=O)O)c3ccc(=[N+](C)C)cc-3oc2c1. The summed E-state index contributed by atoms with van der Waals surface area (Å²) in [4.78, 5) is 104. The Bertz CT molecular complexity index is 3240. The molecule has 71 heavy (non-hydrogen) atoms. The number of aromatic nitrogens is 2. The third kappa shape index (κ3) is 14.3. The minimum atomic E-state index is -5.80. The topological polar surface area (TPSA) is 359 Å². The number of hydrogen-bond acceptors (Lipinski definition) is 15. The quantitative estimate of drug-likeness (QED) is 0.0188. The lowest BCUT2D eigenvalue weighted by Gasteiger charge is -2.19. The number of rotatable bonds is 19. The van der Waals surface area contributed by atoms with Crippen LogP contribution in [0.2, 0.25) is 0 Å². The molecule has 0 spiro atoms. The maximum atomic E-state index is 13.5. The summed E-state index contributed by atoms with van der Waals surface area (Å²) in [6.07, 6.45) is -1.87. The molecule has 0 radical (unpaired) electrons. The van der Waals surface area contributed by atoms with Crippen LogP contribution in [0.1, 0.15) is 64.6 Å². The maximum Gasteiger partial charge on any atom is 0.490 e. The van der Waals surface area contributed by atoms with Crippen LogP contribution in [0.5, 0.6) is 0 Å². The Balaban J connectivity index is 1.000. The average Bonchev–Trinajstić information content (AvgIpc) is 3.65. The fraction of sp³-hybridized carbons (Fsp3) is 0.349. The van der Waals surface area contributed by atoms with Gasteiger partial charge in [-0.2, -0.15) is 8.62 Å². The first-order chi connectivity index (χ1) is 33.3. The first kappa shape index (κ1) is 54.2. The summed E-state index contributed by atoms with van der Waals surface area (Å²) in [7, 11) is -9.37. The molecule has 28 heteroatoms. The zero-order valence-electron chi connectivity index (χ0n) is 38.3. The van der Waals surface area contributed by atoms with E-state index < -0.39 is 71.6 Å². The Morgan fingerprint density at radius 3 is 2.37 bits per heavy atom. The Hall–Kier alpha value is -6.09. The van der Waals surface area contributed by atoms with Crippen LogP contribution in [0, 0.1) is 11.8 Å². The molecule has 0 bridgehead atoms. The zero-order chi connectivity index (χ0) is 52.0. The Morgan fingerprint density at radius 1 is 0.930 bits per heavy atom. The molecule has 9 N–H and O–H groups in total. The second-order valence-electron chi connectivity index (χ2n) is 16.4. The number of fused-ring (bicyclic) bond motifs is 2. The predicted octanol–water partition coefficient (Wildman–Crippen LogP) is 2.30. The number of nitrogens with zero attached hydrogens (tertiary/aromatic N) is 3. The number of carbonyl (C=O) groups is 3. The van der Waals surface area contributed by atoms with Gasteiger partial charge in [0.1, 0.15) is 43.3 Å². The van der Waals surface area contributed by atoms with Gasteiger partial charge in [0.2, 0.25) is 11.3 Å². The molecule has 6 rings (SSSR count). The molecule has 3 aromatic rings. The van der Waals surface area contributed by atoms with Crippen LogP contribution in [-0.4, -0.2) is 117 Å². The molecule has 2 aliphatic heterocycles. The number of carboxylic acid groups (broad SMARTS) is 1. The number of phosphoric acid groups is 3. The average molecular weight is 1050 g/mol. The van der Waals surface area contributed by atoms with E-state index in [0.717, 1.165) is 21.8 Å². The fourth-order valence-electron chi connectivity index (χ4n) is 7.35. The van der Waals surface area contributed by atoms with E-state index >= 15 is 0 Å². The van der Waals surface area contributed by atoms with Crippen molar-refractivity contribution < 1.29 is 80.2 Å². The Labute approximate surface area is 403 Å². The minimum Gasteiger partial charge on any atom is -0.478 e. The van der Waals surface area contributed by atoms with E-state index in [0.29, 0.717) is 52.7 Å². The number of ether oxygens (including phenoxy) is 1. The number of hydrogen-bond donors (Lipinski definition) is 9. The smallest absolute Gasteiger partial charge is 0.478 e. The van der Waals surface area contributed by atoms with Crippen LogP contribution in [0.15, 0.2) is 74.8 Å². The number of aliphatic hydroxyl groups excluding tert-OH is 1. The molecule has 3 heterocycles. The van der Waals surface area contributed by atoms with Crippen molar-refractivity contribution in [2.24, 2.45) is 0 Å². The van der Waals surface area contributed by atoms with Gasteiger partial charge in [-0.3, -0.25) is 28.5 Å². The molecule has 0 saturated carbocycles. The third-order valence-electron chi connectivity index (χ3n) is 10.8. The minimum absolute atomic E-state index is 0.00348. The van der Waals surface area contributed by atoms with Crippen molar-refractivity contribution in [3.05, 3.63) is 104 Å². The van der Waals surface area contributed by atoms with Crippen molar-refractivity contribution in [2.75, 3.05) is 52.8 Å². The molecule has 25 nitrogen and oxygen atoms in total. The number of amides is 2. The highest BCUT2D eigenvalue weighted by Crippen LogP contribution is 2.66. The molecular weight excluding hydrogens is 997 g/mol. The van der Waals surface area contributed by atoms with E-state index in [1.807, 2.05) is 79.0 Å². The van der Waals surface area contributed by atoms with Crippen LogP contribution in [0.4, 0.5) is 5.69 Å². The van der Waals surface area contributed by atoms with Gasteiger partial charge in [-0.25, -0.2) is 27.9 Å². The fourth-order valence-corrected chi connectivity index (χ4v) is 10.4. The summed E-state index contributed by atoms with van der Waals surface area (Å²) >= 11 is 0. The number of nitrogens with one attached hydrogen (secondary N) is 3. The van der Waals surface area contributed by atoms with Gasteiger partial charge in [0, 0.05) is 79.6 Å². The van der Waals surface area contributed by atoms with E-state index in [4.69, 9.17) is 18.9 Å². The molecule has 1 fully saturated rings. The summed E-state index contributed by atoms with van der Waals surface area (Å²) in [6, 6.07) is 15.7. The monoisotopic (exact) mass is 1050 g/mol. The lowest BCUT2D eigenvalue weighted by atomic mass is 9.89. The van der Waals surface area contributed by atoms with Gasteiger partial charge in [-0.15, -0.1) is 0 Å². The summed E-state index contributed by atoms with van der Waals surface area (Å²) in [5, 5.41) is 27.7. The molecule has 1 saturated heterocycles. The van der Waals surface area contributed by atoms with Crippen LogP contribution in [0.25, 0.3) is 33.4 Å². The van der Waals surface area contributed by atoms with Crippen molar-refractivity contribution in [2.45, 2.75) is 50.5 Å². The summed E-state index contributed by atoms with van der Waals surface area (Å²) in [5.74, 6) is 3.72. The summed E-state index contributed by atoms with van der Waals surface area (Å²) in [5.41, 5.74) is 1.16. The lowest BCUT2D eigenvalue weighted by molar-refractivity contribution is -0.121. The number of benzene rings is 3. The van der Waals surface area contributed by atoms with Gasteiger partial charge in [-0.1, -0.05) is 18.3 Å². The second-order valence-corrected chi connectivity index (χ2v) is 20.8. The Morgan fingerprint density at radius 2 is 1.68 bits per heavy atom. The highest BCUT2D eigenvalue weighted by atomic mass is 31.3. The van der Waals surface area contributed by atoms with Gasteiger partial charge in [0.25, 0.3) is 11.5 Å². The number of H-pyrrole nitrogens is 1. The highest BCUT2D eigenvalue weighted by molar-refractivity contribution is 7.66. The van der Waals surface area contributed by atoms with E-state index in [2.05, 4.69) is 35.6 Å². The third-order valence-corrected chi connectivity index (χ3v) is 14.6. The number of unbranched alkanes of at least 4 members (excludes halogenated alkanes) is 2. The molecule has 3 aliphatic rings. The number of anilines is 1. The van der Waals surface area contributed by atoms with Crippen molar-refractivity contribution in [3.63, 3.8) is 0 Å². The van der Waals surface area contributed by atoms with E-state index in [-0.39, 0.29) is 48.5 Å². The van der Waals surface area contributed by atoms with E-state index in [1.54, 1.807) is 6.07 Å². The molecular formula is C43H50N6O19P3+. The standard InChI is InChI=1S/C43H49N6O19P3/c1-47(2)27-12-15-30-34(20-27)65-35-21-28(48(3)4)13-16-31(35)39(30)32-19-25(11-14-29(32)42(54)55)40(52)45-17-7-5-6-10-37(51)44-18-8-9-26-23-49(43(56)46-41(26)53)38-22-33(50)36(66-38)24-64-70(60,61)68-71(62,63)67-69(57,58)59/h11-16,19-21,23,33,36,38,50H,5-7,10,17-18,22,24H2,1-4H3,(H7-,44,45,46,51,52,53,54,55,56,57,58,59,60,61,62,63)/p+1/t33-,36+,38+/m0/s1. The van der Waals surface area contributed by atoms with Crippen molar-refractivity contribution in [1.29, 1.82) is 0 Å². The molecule has 380 valence electrons. The second kappa shape index (κ2) is 22.5. The predicted molar refractivity (Wildman–Crippen MR) is 253 cm³/mol. The normalized spacial score (nSPS) is 17.5. The maximum absolute atomic E-state index is 13.5. The van der Waals surface area contributed by atoms with Gasteiger partial charge >= 0.3 is 35.1 Å². The number of aromatic amines is 1. The van der Waals surface area contributed by atoms with Crippen LogP contribution in [0.3, 0.4) is 0 Å². The first-order valence-corrected chi connectivity index (χ1v) is 25.9. The highest BCUT2D eigenvalue weighted by Gasteiger charge is 2.43.